The molecule has 2 heterocycles. The molecule has 0 amide bonds. The number of aromatic nitrogens is 3. The first-order valence-electron chi connectivity index (χ1n) is 5.72. The summed E-state index contributed by atoms with van der Waals surface area (Å²) in [6, 6.07) is 3.92. The van der Waals surface area contributed by atoms with Gasteiger partial charge in [-0.1, -0.05) is 20.8 Å². The molecule has 0 spiro atoms. The summed E-state index contributed by atoms with van der Waals surface area (Å²) in [5, 5.41) is 6.92. The van der Waals surface area contributed by atoms with E-state index in [-0.39, 0.29) is 11.2 Å². The van der Waals surface area contributed by atoms with Gasteiger partial charge in [-0.05, 0) is 26.0 Å². The normalized spacial score (nSPS) is 12.1. The Hall–Kier alpha value is -1.58. The third kappa shape index (κ3) is 1.88. The summed E-state index contributed by atoms with van der Waals surface area (Å²) in [6.45, 7) is 9.77. The number of aromatic amines is 1. The van der Waals surface area contributed by atoms with Crippen molar-refractivity contribution in [2.75, 3.05) is 0 Å². The molecule has 0 unspecified atom stereocenters. The predicted molar refractivity (Wildman–Crippen MR) is 66.0 cm³/mol. The lowest BCUT2D eigenvalue weighted by Crippen LogP contribution is -2.14. The molecule has 0 saturated carbocycles. The highest BCUT2D eigenvalue weighted by Crippen LogP contribution is 2.27. The van der Waals surface area contributed by atoms with E-state index in [1.165, 1.54) is 0 Å². The van der Waals surface area contributed by atoms with Crippen molar-refractivity contribution < 1.29 is 4.39 Å². The number of hydrogen-bond acceptors (Lipinski definition) is 1. The minimum absolute atomic E-state index is 0.264. The van der Waals surface area contributed by atoms with Crippen LogP contribution >= 0.6 is 0 Å². The van der Waals surface area contributed by atoms with Gasteiger partial charge in [0.1, 0.15) is 0 Å². The van der Waals surface area contributed by atoms with Gasteiger partial charge in [-0.3, -0.25) is 9.67 Å². The fraction of sp³-hybridized carbons (Fsp3) is 0.462. The third-order valence-corrected chi connectivity index (χ3v) is 2.92. The highest BCUT2D eigenvalue weighted by Gasteiger charge is 2.25. The smallest absolute Gasteiger partial charge is 0.195 e. The Balaban J connectivity index is 2.60. The minimum Gasteiger partial charge on any atom is -0.299 e. The summed E-state index contributed by atoms with van der Waals surface area (Å²) in [7, 11) is 0. The molecule has 0 saturated heterocycles. The van der Waals surface area contributed by atoms with Gasteiger partial charge in [-0.2, -0.15) is 5.10 Å². The Morgan fingerprint density at radius 2 is 1.71 bits per heavy atom. The van der Waals surface area contributed by atoms with Crippen molar-refractivity contribution in [2.45, 2.75) is 40.0 Å². The average Bonchev–Trinajstić information content (AvgIpc) is 2.70. The van der Waals surface area contributed by atoms with Crippen LogP contribution in [-0.4, -0.2) is 14.8 Å². The zero-order valence-corrected chi connectivity index (χ0v) is 10.9. The van der Waals surface area contributed by atoms with Crippen LogP contribution in [0, 0.1) is 19.7 Å². The maximum Gasteiger partial charge on any atom is 0.195 e. The van der Waals surface area contributed by atoms with E-state index in [2.05, 4.69) is 10.2 Å². The molecule has 2 rings (SSSR count). The second kappa shape index (κ2) is 3.72. The molecule has 2 aromatic heterocycles. The van der Waals surface area contributed by atoms with Crippen molar-refractivity contribution in [3.63, 3.8) is 0 Å². The molecule has 3 nitrogen and oxygen atoms in total. The van der Waals surface area contributed by atoms with Gasteiger partial charge in [-0.15, -0.1) is 0 Å². The maximum absolute atomic E-state index is 14.3. The topological polar surface area (TPSA) is 33.6 Å². The summed E-state index contributed by atoms with van der Waals surface area (Å²) in [4.78, 5) is 0. The maximum atomic E-state index is 14.3. The average molecular weight is 235 g/mol. The summed E-state index contributed by atoms with van der Waals surface area (Å²) in [6.07, 6.45) is 0. The molecule has 0 radical (unpaired) electrons. The van der Waals surface area contributed by atoms with Crippen LogP contribution in [0.25, 0.3) is 5.82 Å². The lowest BCUT2D eigenvalue weighted by Gasteiger charge is -2.15. The molecule has 0 aliphatic heterocycles. The van der Waals surface area contributed by atoms with Crippen molar-refractivity contribution >= 4 is 0 Å². The van der Waals surface area contributed by atoms with E-state index in [9.17, 15) is 4.39 Å². The Bertz CT molecular complexity index is 524. The van der Waals surface area contributed by atoms with Crippen LogP contribution < -0.4 is 0 Å². The molecule has 92 valence electrons. The van der Waals surface area contributed by atoms with E-state index in [0.29, 0.717) is 11.5 Å². The lowest BCUT2D eigenvalue weighted by atomic mass is 9.92. The minimum atomic E-state index is -0.274. The van der Waals surface area contributed by atoms with Crippen LogP contribution in [0.2, 0.25) is 0 Å². The molecular formula is C13H18FN3. The zero-order chi connectivity index (χ0) is 12.8. The molecule has 0 fully saturated rings. The van der Waals surface area contributed by atoms with E-state index in [4.69, 9.17) is 0 Å². The number of aryl methyl sites for hydroxylation is 2. The third-order valence-electron chi connectivity index (χ3n) is 2.92. The highest BCUT2D eigenvalue weighted by atomic mass is 19.1. The van der Waals surface area contributed by atoms with E-state index in [1.807, 2.05) is 51.3 Å². The van der Waals surface area contributed by atoms with Crippen molar-refractivity contribution in [3.8, 4) is 5.82 Å². The molecule has 0 aliphatic carbocycles. The molecule has 0 aliphatic rings. The van der Waals surface area contributed by atoms with Crippen LogP contribution in [0.1, 0.15) is 37.9 Å². The first-order valence-corrected chi connectivity index (χ1v) is 5.72. The Morgan fingerprint density at radius 1 is 1.18 bits per heavy atom. The van der Waals surface area contributed by atoms with Crippen LogP contribution in [0.15, 0.2) is 12.1 Å². The van der Waals surface area contributed by atoms with Crippen LogP contribution in [-0.2, 0) is 5.41 Å². The van der Waals surface area contributed by atoms with Gasteiger partial charge in [0.2, 0.25) is 0 Å². The highest BCUT2D eigenvalue weighted by molar-refractivity contribution is 5.35. The SMILES string of the molecule is Cc1ccc(C)n1-c1n[nH]c(C(C)(C)C)c1F. The summed E-state index contributed by atoms with van der Waals surface area (Å²) >= 11 is 0. The predicted octanol–water partition coefficient (Wildman–Crippen LogP) is 3.25. The van der Waals surface area contributed by atoms with Crippen LogP contribution in [0.5, 0.6) is 0 Å². The number of halogens is 1. The first-order chi connectivity index (χ1) is 7.82. The summed E-state index contributed by atoms with van der Waals surface area (Å²) in [5.74, 6) is 0.0924. The quantitative estimate of drug-likeness (QED) is 0.808. The van der Waals surface area contributed by atoms with E-state index in [1.54, 1.807) is 0 Å². The Morgan fingerprint density at radius 3 is 2.12 bits per heavy atom. The zero-order valence-electron chi connectivity index (χ0n) is 10.9. The van der Waals surface area contributed by atoms with Crippen LogP contribution in [0.4, 0.5) is 4.39 Å². The second-order valence-electron chi connectivity index (χ2n) is 5.44. The molecule has 4 heteroatoms. The Labute approximate surface area is 101 Å². The second-order valence-corrected chi connectivity index (χ2v) is 5.44. The number of nitrogens with zero attached hydrogens (tertiary/aromatic N) is 2. The number of H-pyrrole nitrogens is 1. The monoisotopic (exact) mass is 235 g/mol. The van der Waals surface area contributed by atoms with Crippen molar-refractivity contribution in [3.05, 3.63) is 35.0 Å². The van der Waals surface area contributed by atoms with E-state index in [0.717, 1.165) is 11.4 Å². The summed E-state index contributed by atoms with van der Waals surface area (Å²) in [5.41, 5.74) is 2.23. The van der Waals surface area contributed by atoms with Gasteiger partial charge in [-0.25, -0.2) is 4.39 Å². The number of hydrogen-bond donors (Lipinski definition) is 1. The largest absolute Gasteiger partial charge is 0.299 e. The Kier molecular flexibility index (Phi) is 2.60. The van der Waals surface area contributed by atoms with Gasteiger partial charge < -0.3 is 0 Å². The van der Waals surface area contributed by atoms with Gasteiger partial charge >= 0.3 is 0 Å². The number of rotatable bonds is 1. The molecular weight excluding hydrogens is 217 g/mol. The molecule has 0 bridgehead atoms. The van der Waals surface area contributed by atoms with Gasteiger partial charge in [0.05, 0.1) is 5.69 Å². The van der Waals surface area contributed by atoms with E-state index >= 15 is 0 Å². The molecule has 0 aromatic carbocycles. The van der Waals surface area contributed by atoms with Gasteiger partial charge in [0, 0.05) is 16.8 Å². The van der Waals surface area contributed by atoms with Crippen molar-refractivity contribution in [1.29, 1.82) is 0 Å². The van der Waals surface area contributed by atoms with Gasteiger partial charge in [0.15, 0.2) is 11.6 Å². The number of nitrogens with one attached hydrogen (secondary N) is 1. The van der Waals surface area contributed by atoms with Crippen molar-refractivity contribution in [2.24, 2.45) is 0 Å². The lowest BCUT2D eigenvalue weighted by molar-refractivity contribution is 0.509. The molecule has 2 aromatic rings. The molecule has 0 atom stereocenters. The fourth-order valence-corrected chi connectivity index (χ4v) is 1.97. The standard InChI is InChI=1S/C13H18FN3/c1-8-6-7-9(2)17(8)12-10(14)11(15-16-12)13(3,4)5/h6-7H,1-5H3,(H,15,16). The first kappa shape index (κ1) is 11.9. The molecule has 1 N–H and O–H groups in total. The fourth-order valence-electron chi connectivity index (χ4n) is 1.97. The molecule has 17 heavy (non-hydrogen) atoms. The van der Waals surface area contributed by atoms with Crippen LogP contribution in [0.3, 0.4) is 0 Å². The van der Waals surface area contributed by atoms with E-state index < -0.39 is 0 Å². The van der Waals surface area contributed by atoms with Crippen molar-refractivity contribution in [1.82, 2.24) is 14.8 Å². The van der Waals surface area contributed by atoms with Gasteiger partial charge in [0.25, 0.3) is 0 Å². The summed E-state index contributed by atoms with van der Waals surface area (Å²) < 4.78 is 16.2.